The third-order valence-corrected chi connectivity index (χ3v) is 4.37. The molecule has 2 amide bonds. The molecule has 0 aromatic carbocycles. The molecule has 0 unspecified atom stereocenters. The second-order valence-corrected chi connectivity index (χ2v) is 6.70. The highest BCUT2D eigenvalue weighted by molar-refractivity contribution is 6.30. The van der Waals surface area contributed by atoms with Gasteiger partial charge >= 0.3 is 6.03 Å². The van der Waals surface area contributed by atoms with E-state index in [9.17, 15) is 9.18 Å². The topological polar surface area (TPSA) is 108 Å². The quantitative estimate of drug-likeness (QED) is 0.472. The van der Waals surface area contributed by atoms with Crippen LogP contribution in [-0.2, 0) is 6.54 Å². The number of pyridine rings is 3. The van der Waals surface area contributed by atoms with Crippen molar-refractivity contribution in [2.24, 2.45) is 0 Å². The minimum Gasteiger partial charge on any atom is -0.332 e. The maximum Gasteiger partial charge on any atom is 0.320 e. The van der Waals surface area contributed by atoms with E-state index in [-0.39, 0.29) is 17.3 Å². The first kappa shape index (κ1) is 18.8. The van der Waals surface area contributed by atoms with Crippen LogP contribution in [0.3, 0.4) is 0 Å². The van der Waals surface area contributed by atoms with Crippen LogP contribution in [0.5, 0.6) is 0 Å². The Kier molecular flexibility index (Phi) is 5.05. The van der Waals surface area contributed by atoms with Gasteiger partial charge in [0.05, 0.1) is 22.8 Å². The smallest absolute Gasteiger partial charge is 0.320 e. The minimum atomic E-state index is -0.589. The number of H-pyrrole nitrogens is 1. The zero-order valence-electron chi connectivity index (χ0n) is 15.2. The molecular formula is C19H15ClFN7O. The van der Waals surface area contributed by atoms with Crippen molar-refractivity contribution in [1.82, 2.24) is 30.5 Å². The Morgan fingerprint density at radius 1 is 1.21 bits per heavy atom. The van der Waals surface area contributed by atoms with Crippen molar-refractivity contribution in [1.29, 1.82) is 0 Å². The summed E-state index contributed by atoms with van der Waals surface area (Å²) in [5.41, 5.74) is 3.34. The van der Waals surface area contributed by atoms with Gasteiger partial charge in [0.2, 0.25) is 0 Å². The molecule has 4 aromatic rings. The van der Waals surface area contributed by atoms with Crippen LogP contribution in [0.15, 0.2) is 42.9 Å². The van der Waals surface area contributed by atoms with Crippen molar-refractivity contribution < 1.29 is 9.18 Å². The summed E-state index contributed by atoms with van der Waals surface area (Å²) in [5, 5.41) is 13.4. The summed E-state index contributed by atoms with van der Waals surface area (Å²) in [5.74, 6) is -0.269. The highest BCUT2D eigenvalue weighted by Crippen LogP contribution is 2.26. The van der Waals surface area contributed by atoms with Gasteiger partial charge in [-0.1, -0.05) is 11.6 Å². The number of hydrogen-bond acceptors (Lipinski definition) is 5. The third-order valence-electron chi connectivity index (χ3n) is 4.16. The van der Waals surface area contributed by atoms with E-state index in [2.05, 4.69) is 35.8 Å². The summed E-state index contributed by atoms with van der Waals surface area (Å²) in [4.78, 5) is 24.4. The summed E-state index contributed by atoms with van der Waals surface area (Å²) in [6, 6.07) is 6.06. The van der Waals surface area contributed by atoms with Gasteiger partial charge in [-0.15, -0.1) is 0 Å². The number of aryl methyl sites for hydroxylation is 1. The monoisotopic (exact) mass is 411 g/mol. The number of nitrogens with zero attached hydrogens (tertiary/aromatic N) is 4. The average molecular weight is 412 g/mol. The molecule has 4 aromatic heterocycles. The molecule has 4 rings (SSSR count). The van der Waals surface area contributed by atoms with E-state index in [4.69, 9.17) is 11.6 Å². The lowest BCUT2D eigenvalue weighted by molar-refractivity contribution is 0.251. The molecule has 0 saturated carbocycles. The number of carbonyl (C=O) groups is 1. The summed E-state index contributed by atoms with van der Waals surface area (Å²) in [6.07, 6.45) is 4.66. The Balaban J connectivity index is 1.46. The molecule has 0 atom stereocenters. The molecule has 29 heavy (non-hydrogen) atoms. The maximum atomic E-state index is 13.7. The number of halogens is 2. The Morgan fingerprint density at radius 2 is 2.07 bits per heavy atom. The van der Waals surface area contributed by atoms with Crippen LogP contribution in [0.4, 0.5) is 15.0 Å². The fourth-order valence-corrected chi connectivity index (χ4v) is 2.94. The van der Waals surface area contributed by atoms with Crippen molar-refractivity contribution in [2.75, 3.05) is 5.32 Å². The molecule has 8 nitrogen and oxygen atoms in total. The lowest BCUT2D eigenvalue weighted by Gasteiger charge is -2.07. The summed E-state index contributed by atoms with van der Waals surface area (Å²) >= 11 is 5.66. The van der Waals surface area contributed by atoms with Crippen LogP contribution in [0.1, 0.15) is 11.4 Å². The average Bonchev–Trinajstić information content (AvgIpc) is 3.10. The molecule has 3 N–H and O–H groups in total. The summed E-state index contributed by atoms with van der Waals surface area (Å²) in [6.45, 7) is 1.81. The van der Waals surface area contributed by atoms with Crippen molar-refractivity contribution in [3.63, 3.8) is 0 Å². The third kappa shape index (κ3) is 4.14. The number of hydrogen-bond donors (Lipinski definition) is 3. The van der Waals surface area contributed by atoms with E-state index in [1.54, 1.807) is 18.5 Å². The van der Waals surface area contributed by atoms with Gasteiger partial charge in [-0.2, -0.15) is 5.10 Å². The van der Waals surface area contributed by atoms with Crippen molar-refractivity contribution in [2.45, 2.75) is 13.5 Å². The number of nitrogens with one attached hydrogen (secondary N) is 3. The molecular weight excluding hydrogens is 397 g/mol. The Bertz CT molecular complexity index is 1210. The van der Waals surface area contributed by atoms with Crippen LogP contribution >= 0.6 is 11.6 Å². The van der Waals surface area contributed by atoms with Crippen LogP contribution in [0.25, 0.3) is 22.2 Å². The molecule has 146 valence electrons. The Labute approximate surface area is 169 Å². The normalized spacial score (nSPS) is 10.9. The van der Waals surface area contributed by atoms with E-state index >= 15 is 0 Å². The van der Waals surface area contributed by atoms with E-state index in [0.717, 1.165) is 28.4 Å². The molecule has 0 aliphatic rings. The summed E-state index contributed by atoms with van der Waals surface area (Å²) in [7, 11) is 0. The molecule has 10 heteroatoms. The standard InChI is InChI=1S/C19H15ClFN7O/c1-10-4-11(2-3-22-10)18-13-8-24-17(6-15(13)27-28-18)26-19(29)25-9-16-14(21)5-12(20)7-23-16/h2-8H,9H2,1H3,(H,27,28)(H2,24,25,26,29). The highest BCUT2D eigenvalue weighted by atomic mass is 35.5. The van der Waals surface area contributed by atoms with Gasteiger partial charge in [0, 0.05) is 41.3 Å². The molecule has 0 spiro atoms. The van der Waals surface area contributed by atoms with Gasteiger partial charge in [-0.05, 0) is 25.1 Å². The number of amides is 2. The Morgan fingerprint density at radius 3 is 2.86 bits per heavy atom. The molecule has 0 saturated heterocycles. The molecule has 0 radical (unpaired) electrons. The zero-order valence-corrected chi connectivity index (χ0v) is 16.0. The number of carbonyl (C=O) groups excluding carboxylic acids is 1. The van der Waals surface area contributed by atoms with E-state index in [1.807, 2.05) is 19.1 Å². The number of anilines is 1. The number of rotatable bonds is 4. The number of urea groups is 1. The van der Waals surface area contributed by atoms with Crippen molar-refractivity contribution in [3.05, 3.63) is 65.1 Å². The van der Waals surface area contributed by atoms with Gasteiger partial charge in [-0.3, -0.25) is 20.4 Å². The van der Waals surface area contributed by atoms with Crippen LogP contribution in [0, 0.1) is 12.7 Å². The predicted octanol–water partition coefficient (Wildman–Crippen LogP) is 3.84. The van der Waals surface area contributed by atoms with Gasteiger partial charge in [-0.25, -0.2) is 14.2 Å². The largest absolute Gasteiger partial charge is 0.332 e. The molecule has 0 aliphatic heterocycles. The van der Waals surface area contributed by atoms with Crippen LogP contribution in [0.2, 0.25) is 5.02 Å². The lowest BCUT2D eigenvalue weighted by Crippen LogP contribution is -2.29. The van der Waals surface area contributed by atoms with Crippen LogP contribution < -0.4 is 10.6 Å². The van der Waals surface area contributed by atoms with Gasteiger partial charge in [0.25, 0.3) is 0 Å². The highest BCUT2D eigenvalue weighted by Gasteiger charge is 2.12. The van der Waals surface area contributed by atoms with E-state index < -0.39 is 11.8 Å². The second-order valence-electron chi connectivity index (χ2n) is 6.26. The molecule has 4 heterocycles. The zero-order chi connectivity index (χ0) is 20.4. The molecule has 0 fully saturated rings. The first-order chi connectivity index (χ1) is 14.0. The van der Waals surface area contributed by atoms with E-state index in [1.165, 1.54) is 6.20 Å². The minimum absolute atomic E-state index is 0.0822. The molecule has 0 aliphatic carbocycles. The SMILES string of the molecule is Cc1cc(-c2n[nH]c3cc(NC(=O)NCc4ncc(Cl)cc4F)ncc23)ccn1. The first-order valence-electron chi connectivity index (χ1n) is 8.61. The number of aromatic amines is 1. The van der Waals surface area contributed by atoms with E-state index in [0.29, 0.717) is 11.3 Å². The second kappa shape index (κ2) is 7.80. The maximum absolute atomic E-state index is 13.7. The van der Waals surface area contributed by atoms with Crippen molar-refractivity contribution in [3.8, 4) is 11.3 Å². The number of aromatic nitrogens is 5. The lowest BCUT2D eigenvalue weighted by atomic mass is 10.1. The summed E-state index contributed by atoms with van der Waals surface area (Å²) < 4.78 is 13.7. The van der Waals surface area contributed by atoms with Gasteiger partial charge in [0.1, 0.15) is 17.3 Å². The number of fused-ring (bicyclic) bond motifs is 1. The first-order valence-corrected chi connectivity index (χ1v) is 8.99. The predicted molar refractivity (Wildman–Crippen MR) is 107 cm³/mol. The van der Waals surface area contributed by atoms with Gasteiger partial charge < -0.3 is 5.32 Å². The van der Waals surface area contributed by atoms with Crippen molar-refractivity contribution >= 4 is 34.4 Å². The fourth-order valence-electron chi connectivity index (χ4n) is 2.79. The Hall–Kier alpha value is -3.59. The fraction of sp³-hybridized carbons (Fsp3) is 0.105. The molecule has 0 bridgehead atoms. The van der Waals surface area contributed by atoms with Crippen LogP contribution in [-0.4, -0.2) is 31.2 Å². The van der Waals surface area contributed by atoms with Gasteiger partial charge in [0.15, 0.2) is 0 Å².